The number of rotatable bonds is 6. The Hall–Kier alpha value is -0.500. The van der Waals surface area contributed by atoms with E-state index in [1.165, 1.54) is 0 Å². The van der Waals surface area contributed by atoms with Crippen LogP contribution in [0.15, 0.2) is 0 Å². The lowest BCUT2D eigenvalue weighted by Crippen LogP contribution is -2.33. The molecule has 72 valence electrons. The second kappa shape index (κ2) is 6.06. The first-order valence-corrected chi connectivity index (χ1v) is 4.26. The molecule has 0 aromatic rings. The van der Waals surface area contributed by atoms with Gasteiger partial charge in [0.05, 0.1) is 13.2 Å². The van der Waals surface area contributed by atoms with Crippen molar-refractivity contribution in [1.82, 2.24) is 4.90 Å². The first kappa shape index (κ1) is 11.5. The van der Waals surface area contributed by atoms with Gasteiger partial charge in [0.25, 0.3) is 0 Å². The Bertz CT molecular complexity index is 175. The standard InChI is InChI=1S/C5H12N2O4S/c1-7(4-5(6)8)2-3-11-12(9)10/h2-4H2,1H3,(H2,6,8)(H,9,10). The summed E-state index contributed by atoms with van der Waals surface area (Å²) < 4.78 is 22.5. The summed E-state index contributed by atoms with van der Waals surface area (Å²) in [7, 11) is 1.66. The highest BCUT2D eigenvalue weighted by molar-refractivity contribution is 7.74. The van der Waals surface area contributed by atoms with E-state index in [9.17, 15) is 9.00 Å². The zero-order chi connectivity index (χ0) is 9.56. The van der Waals surface area contributed by atoms with Gasteiger partial charge in [0, 0.05) is 6.54 Å². The molecule has 0 saturated heterocycles. The predicted octanol–water partition coefficient (Wildman–Crippen LogP) is -1.44. The van der Waals surface area contributed by atoms with E-state index in [1.54, 1.807) is 11.9 Å². The lowest BCUT2D eigenvalue weighted by Gasteiger charge is -2.12. The summed E-state index contributed by atoms with van der Waals surface area (Å²) in [6.45, 7) is 0.587. The molecule has 0 spiro atoms. The van der Waals surface area contributed by atoms with Crippen LogP contribution in [0.1, 0.15) is 0 Å². The molecule has 12 heavy (non-hydrogen) atoms. The van der Waals surface area contributed by atoms with E-state index in [4.69, 9.17) is 10.3 Å². The molecule has 0 bridgehead atoms. The fourth-order valence-corrected chi connectivity index (χ4v) is 0.827. The van der Waals surface area contributed by atoms with E-state index in [0.29, 0.717) is 6.54 Å². The summed E-state index contributed by atoms with van der Waals surface area (Å²) in [4.78, 5) is 11.9. The third-order valence-corrected chi connectivity index (χ3v) is 1.45. The van der Waals surface area contributed by atoms with E-state index in [-0.39, 0.29) is 13.2 Å². The minimum atomic E-state index is -2.24. The summed E-state index contributed by atoms with van der Waals surface area (Å²) in [5.41, 5.74) is 4.89. The van der Waals surface area contributed by atoms with Crippen LogP contribution in [0, 0.1) is 0 Å². The Morgan fingerprint density at radius 1 is 1.75 bits per heavy atom. The Labute approximate surface area is 73.2 Å². The number of nitrogens with two attached hydrogens (primary N) is 1. The highest BCUT2D eigenvalue weighted by Crippen LogP contribution is 1.84. The Morgan fingerprint density at radius 2 is 2.33 bits per heavy atom. The van der Waals surface area contributed by atoms with Crippen LogP contribution >= 0.6 is 0 Å². The number of hydrogen-bond donors (Lipinski definition) is 2. The summed E-state index contributed by atoms with van der Waals surface area (Å²) in [5.74, 6) is -0.442. The summed E-state index contributed by atoms with van der Waals surface area (Å²) >= 11 is -2.24. The van der Waals surface area contributed by atoms with Crippen molar-refractivity contribution in [3.8, 4) is 0 Å². The van der Waals surface area contributed by atoms with E-state index >= 15 is 0 Å². The van der Waals surface area contributed by atoms with Crippen molar-refractivity contribution in [3.05, 3.63) is 0 Å². The first-order chi connectivity index (χ1) is 5.52. The molecule has 1 atom stereocenters. The minimum Gasteiger partial charge on any atom is -0.369 e. The molecule has 0 aromatic carbocycles. The van der Waals surface area contributed by atoms with E-state index in [1.807, 2.05) is 0 Å². The number of likely N-dealkylation sites (N-methyl/N-ethyl adjacent to an activating group) is 1. The van der Waals surface area contributed by atoms with Crippen molar-refractivity contribution in [2.24, 2.45) is 5.73 Å². The van der Waals surface area contributed by atoms with Gasteiger partial charge in [0.15, 0.2) is 0 Å². The molecule has 0 aliphatic heterocycles. The summed E-state index contributed by atoms with van der Waals surface area (Å²) in [5, 5.41) is 0. The maximum Gasteiger partial charge on any atom is 0.301 e. The van der Waals surface area contributed by atoms with Gasteiger partial charge in [-0.3, -0.25) is 18.4 Å². The van der Waals surface area contributed by atoms with Gasteiger partial charge < -0.3 is 5.73 Å². The maximum absolute atomic E-state index is 10.3. The van der Waals surface area contributed by atoms with Gasteiger partial charge in [-0.15, -0.1) is 0 Å². The number of nitrogens with zero attached hydrogens (tertiary/aromatic N) is 1. The van der Waals surface area contributed by atoms with Crippen molar-refractivity contribution in [2.45, 2.75) is 0 Å². The fourth-order valence-electron chi connectivity index (χ4n) is 0.609. The van der Waals surface area contributed by atoms with Crippen molar-refractivity contribution in [1.29, 1.82) is 0 Å². The zero-order valence-electron chi connectivity index (χ0n) is 6.73. The van der Waals surface area contributed by atoms with Crippen molar-refractivity contribution in [3.63, 3.8) is 0 Å². The fraction of sp³-hybridized carbons (Fsp3) is 0.800. The molecule has 0 aromatic heterocycles. The molecule has 0 fully saturated rings. The first-order valence-electron chi connectivity index (χ1n) is 3.23. The Kier molecular flexibility index (Phi) is 5.81. The van der Waals surface area contributed by atoms with Crippen molar-refractivity contribution in [2.75, 3.05) is 26.7 Å². The highest BCUT2D eigenvalue weighted by Gasteiger charge is 2.02. The van der Waals surface area contributed by atoms with Crippen LogP contribution < -0.4 is 5.73 Å². The van der Waals surface area contributed by atoms with Gasteiger partial charge in [0.1, 0.15) is 0 Å². The van der Waals surface area contributed by atoms with Crippen LogP contribution in [0.4, 0.5) is 0 Å². The van der Waals surface area contributed by atoms with Crippen LogP contribution in [-0.4, -0.2) is 46.3 Å². The van der Waals surface area contributed by atoms with Crippen LogP contribution in [0.3, 0.4) is 0 Å². The zero-order valence-corrected chi connectivity index (χ0v) is 7.54. The Balaban J connectivity index is 3.37. The number of primary amides is 1. The van der Waals surface area contributed by atoms with Gasteiger partial charge >= 0.3 is 11.4 Å². The third kappa shape index (κ3) is 7.61. The molecule has 0 aliphatic rings. The minimum absolute atomic E-state index is 0.0902. The van der Waals surface area contributed by atoms with Crippen LogP contribution in [-0.2, 0) is 20.3 Å². The number of carbonyl (C=O) groups is 1. The van der Waals surface area contributed by atoms with Gasteiger partial charge in [-0.1, -0.05) is 0 Å². The quantitative estimate of drug-likeness (QED) is 0.507. The molecule has 0 heterocycles. The molecular weight excluding hydrogens is 184 g/mol. The number of amides is 1. The number of hydrogen-bond acceptors (Lipinski definition) is 4. The van der Waals surface area contributed by atoms with E-state index < -0.39 is 17.3 Å². The second-order valence-electron chi connectivity index (χ2n) is 2.24. The van der Waals surface area contributed by atoms with Crippen LogP contribution in [0.25, 0.3) is 0 Å². The Morgan fingerprint density at radius 3 is 2.75 bits per heavy atom. The highest BCUT2D eigenvalue weighted by atomic mass is 32.2. The smallest absolute Gasteiger partial charge is 0.301 e. The molecule has 0 rings (SSSR count). The molecule has 7 heteroatoms. The normalized spacial score (nSPS) is 13.2. The lowest BCUT2D eigenvalue weighted by molar-refractivity contribution is -0.118. The summed E-state index contributed by atoms with van der Waals surface area (Å²) in [6, 6.07) is 0. The second-order valence-corrected chi connectivity index (χ2v) is 2.91. The third-order valence-electron chi connectivity index (χ3n) is 1.08. The lowest BCUT2D eigenvalue weighted by atomic mass is 10.5. The average Bonchev–Trinajstić information content (AvgIpc) is 1.84. The summed E-state index contributed by atoms with van der Waals surface area (Å²) in [6.07, 6.45) is 0. The largest absolute Gasteiger partial charge is 0.369 e. The molecular formula is C5H12N2O4S. The van der Waals surface area contributed by atoms with Gasteiger partial charge in [0.2, 0.25) is 5.91 Å². The van der Waals surface area contributed by atoms with Crippen LogP contribution in [0.2, 0.25) is 0 Å². The maximum atomic E-state index is 10.3. The SMILES string of the molecule is CN(CCOS(=O)O)CC(N)=O. The molecule has 0 radical (unpaired) electrons. The molecule has 3 N–H and O–H groups in total. The monoisotopic (exact) mass is 196 g/mol. The van der Waals surface area contributed by atoms with Gasteiger partial charge in [-0.2, -0.15) is 4.21 Å². The van der Waals surface area contributed by atoms with Crippen LogP contribution in [0.5, 0.6) is 0 Å². The predicted molar refractivity (Wildman–Crippen MR) is 43.4 cm³/mol. The molecule has 0 saturated carbocycles. The van der Waals surface area contributed by atoms with Gasteiger partial charge in [-0.25, -0.2) is 0 Å². The molecule has 6 nitrogen and oxygen atoms in total. The van der Waals surface area contributed by atoms with E-state index in [0.717, 1.165) is 0 Å². The molecule has 1 unspecified atom stereocenters. The topological polar surface area (TPSA) is 92.9 Å². The molecule has 1 amide bonds. The van der Waals surface area contributed by atoms with E-state index in [2.05, 4.69) is 4.18 Å². The van der Waals surface area contributed by atoms with Crippen molar-refractivity contribution < 1.29 is 17.7 Å². The number of carbonyl (C=O) groups excluding carboxylic acids is 1. The van der Waals surface area contributed by atoms with Gasteiger partial charge in [-0.05, 0) is 7.05 Å². The van der Waals surface area contributed by atoms with Crippen molar-refractivity contribution >= 4 is 17.3 Å². The molecule has 0 aliphatic carbocycles. The average molecular weight is 196 g/mol.